The van der Waals surface area contributed by atoms with E-state index in [0.717, 1.165) is 36.6 Å². The maximum absolute atomic E-state index is 13.4. The van der Waals surface area contributed by atoms with Crippen LogP contribution in [0.4, 0.5) is 11.1 Å². The third kappa shape index (κ3) is 3.90. The van der Waals surface area contributed by atoms with Gasteiger partial charge in [0, 0.05) is 24.7 Å². The molecule has 4 aromatic heterocycles. The summed E-state index contributed by atoms with van der Waals surface area (Å²) in [6.07, 6.45) is 4.97. The average molecular weight is 474 g/mol. The molecule has 10 nitrogen and oxygen atoms in total. The second kappa shape index (κ2) is 8.67. The van der Waals surface area contributed by atoms with Crippen molar-refractivity contribution in [3.63, 3.8) is 0 Å². The van der Waals surface area contributed by atoms with Gasteiger partial charge in [0.2, 0.25) is 5.76 Å². The summed E-state index contributed by atoms with van der Waals surface area (Å²) in [6, 6.07) is 13.0. The molecule has 170 valence electrons. The number of hydrogen-bond donors (Lipinski definition) is 1. The number of carbonyl (C=O) groups is 1. The molecule has 1 amide bonds. The van der Waals surface area contributed by atoms with E-state index in [0.29, 0.717) is 27.4 Å². The molecule has 0 bridgehead atoms. The number of nitrogens with zero attached hydrogens (tertiary/aromatic N) is 6. The number of nitrogens with one attached hydrogen (secondary N) is 1. The first-order valence-electron chi connectivity index (χ1n) is 10.9. The van der Waals surface area contributed by atoms with Gasteiger partial charge >= 0.3 is 6.01 Å². The van der Waals surface area contributed by atoms with Gasteiger partial charge < -0.3 is 13.8 Å². The highest BCUT2D eigenvalue weighted by Crippen LogP contribution is 2.34. The molecular weight excluding hydrogens is 454 g/mol. The van der Waals surface area contributed by atoms with Gasteiger partial charge in [0.1, 0.15) is 0 Å². The minimum absolute atomic E-state index is 0.0385. The minimum atomic E-state index is -0.383. The summed E-state index contributed by atoms with van der Waals surface area (Å²) in [4.78, 5) is 25.2. The van der Waals surface area contributed by atoms with Crippen LogP contribution in [0.25, 0.3) is 33.3 Å². The molecule has 34 heavy (non-hydrogen) atoms. The topological polar surface area (TPSA) is 123 Å². The first kappa shape index (κ1) is 20.5. The molecule has 0 aliphatic carbocycles. The molecule has 0 radical (unpaired) electrons. The molecule has 0 unspecified atom stereocenters. The first-order chi connectivity index (χ1) is 16.7. The zero-order valence-electron chi connectivity index (χ0n) is 18.0. The molecule has 6 rings (SSSR count). The standard InChI is InChI=1S/C23H19N7O3S/c31-20(27-22-29-28-21(32-22)17-9-10-24-33-17)15-13-16(14-7-3-1-4-8-14)25-19-18(15)34-23(26-19)30-11-5-2-6-12-30/h1,3-4,7-10,13H,2,5-6,11-12H2,(H,27,29,31). The van der Waals surface area contributed by atoms with E-state index < -0.39 is 0 Å². The highest BCUT2D eigenvalue weighted by molar-refractivity contribution is 7.22. The lowest BCUT2D eigenvalue weighted by atomic mass is 10.1. The summed E-state index contributed by atoms with van der Waals surface area (Å²) in [5.41, 5.74) is 2.56. The van der Waals surface area contributed by atoms with E-state index in [1.807, 2.05) is 30.3 Å². The Morgan fingerprint density at radius 2 is 1.88 bits per heavy atom. The molecule has 1 saturated heterocycles. The van der Waals surface area contributed by atoms with Gasteiger partial charge in [-0.1, -0.05) is 51.9 Å². The summed E-state index contributed by atoms with van der Waals surface area (Å²) in [7, 11) is 0. The Kier molecular flexibility index (Phi) is 5.22. The van der Waals surface area contributed by atoms with Gasteiger partial charge in [0.15, 0.2) is 10.8 Å². The van der Waals surface area contributed by atoms with Crippen LogP contribution >= 0.6 is 11.3 Å². The monoisotopic (exact) mass is 473 g/mol. The number of rotatable bonds is 5. The Labute approximate surface area is 197 Å². The third-order valence-corrected chi connectivity index (χ3v) is 6.72. The van der Waals surface area contributed by atoms with Crippen molar-refractivity contribution in [2.24, 2.45) is 0 Å². The van der Waals surface area contributed by atoms with Gasteiger partial charge in [-0.15, -0.1) is 5.10 Å². The zero-order chi connectivity index (χ0) is 22.9. The molecule has 5 aromatic rings. The number of amides is 1. The lowest BCUT2D eigenvalue weighted by Crippen LogP contribution is -2.29. The number of fused-ring (bicyclic) bond motifs is 1. The van der Waals surface area contributed by atoms with Crippen molar-refractivity contribution in [2.75, 3.05) is 23.3 Å². The fraction of sp³-hybridized carbons (Fsp3) is 0.217. The fourth-order valence-electron chi connectivity index (χ4n) is 3.91. The van der Waals surface area contributed by atoms with Crippen LogP contribution in [-0.4, -0.2) is 44.3 Å². The van der Waals surface area contributed by atoms with Crippen molar-refractivity contribution in [3.8, 4) is 22.9 Å². The number of thiazole rings is 1. The Hall–Kier alpha value is -4.12. The Morgan fingerprint density at radius 3 is 2.68 bits per heavy atom. The molecule has 1 aliphatic rings. The quantitative estimate of drug-likeness (QED) is 0.389. The summed E-state index contributed by atoms with van der Waals surface area (Å²) in [5, 5.41) is 15.0. The Bertz CT molecular complexity index is 1440. The maximum atomic E-state index is 13.4. The number of piperidine rings is 1. The lowest BCUT2D eigenvalue weighted by molar-refractivity contribution is 0.102. The van der Waals surface area contributed by atoms with Gasteiger partial charge in [0.05, 0.1) is 22.2 Å². The third-order valence-electron chi connectivity index (χ3n) is 5.58. The van der Waals surface area contributed by atoms with Crippen LogP contribution in [0.5, 0.6) is 0 Å². The van der Waals surface area contributed by atoms with Gasteiger partial charge in [-0.2, -0.15) is 4.98 Å². The SMILES string of the molecule is O=C(Nc1nnc(-c2ccno2)o1)c1cc(-c2ccccc2)nc2nc(N3CCCCC3)sc12. The molecule has 1 N–H and O–H groups in total. The average Bonchev–Trinajstić information content (AvgIpc) is 3.65. The summed E-state index contributed by atoms with van der Waals surface area (Å²) >= 11 is 1.48. The van der Waals surface area contributed by atoms with E-state index in [-0.39, 0.29) is 17.8 Å². The number of hydrogen-bond acceptors (Lipinski definition) is 10. The molecule has 1 aromatic carbocycles. The number of benzene rings is 1. The van der Waals surface area contributed by atoms with Crippen LogP contribution in [0, 0.1) is 0 Å². The second-order valence-electron chi connectivity index (χ2n) is 7.86. The number of pyridine rings is 1. The van der Waals surface area contributed by atoms with Crippen LogP contribution in [0.1, 0.15) is 29.6 Å². The Morgan fingerprint density at radius 1 is 1.03 bits per heavy atom. The van der Waals surface area contributed by atoms with Crippen molar-refractivity contribution in [1.29, 1.82) is 0 Å². The lowest BCUT2D eigenvalue weighted by Gasteiger charge is -2.25. The van der Waals surface area contributed by atoms with Crippen molar-refractivity contribution in [1.82, 2.24) is 25.3 Å². The molecule has 1 fully saturated rings. The maximum Gasteiger partial charge on any atom is 0.322 e. The van der Waals surface area contributed by atoms with E-state index in [9.17, 15) is 4.79 Å². The van der Waals surface area contributed by atoms with Crippen LogP contribution in [0.3, 0.4) is 0 Å². The first-order valence-corrected chi connectivity index (χ1v) is 11.7. The number of carbonyl (C=O) groups excluding carboxylic acids is 1. The van der Waals surface area contributed by atoms with Gasteiger partial charge in [-0.25, -0.2) is 4.98 Å². The predicted molar refractivity (Wildman–Crippen MR) is 127 cm³/mol. The van der Waals surface area contributed by atoms with Crippen LogP contribution in [0.15, 0.2) is 57.6 Å². The predicted octanol–water partition coefficient (Wildman–Crippen LogP) is 4.64. The molecule has 11 heteroatoms. The minimum Gasteiger partial charge on any atom is -0.400 e. The second-order valence-corrected chi connectivity index (χ2v) is 8.84. The van der Waals surface area contributed by atoms with E-state index in [2.05, 4.69) is 25.6 Å². The smallest absolute Gasteiger partial charge is 0.322 e. The van der Waals surface area contributed by atoms with E-state index >= 15 is 0 Å². The van der Waals surface area contributed by atoms with Crippen LogP contribution in [-0.2, 0) is 0 Å². The summed E-state index contributed by atoms with van der Waals surface area (Å²) in [5.74, 6) is 0.0633. The highest BCUT2D eigenvalue weighted by Gasteiger charge is 2.23. The molecule has 5 heterocycles. The number of anilines is 2. The van der Waals surface area contributed by atoms with Crippen LogP contribution in [0.2, 0.25) is 0 Å². The normalized spacial score (nSPS) is 13.9. The van der Waals surface area contributed by atoms with Crippen molar-refractivity contribution >= 4 is 38.7 Å². The van der Waals surface area contributed by atoms with Gasteiger partial charge in [0.25, 0.3) is 11.8 Å². The highest BCUT2D eigenvalue weighted by atomic mass is 32.1. The van der Waals surface area contributed by atoms with Crippen molar-refractivity contribution in [3.05, 3.63) is 54.2 Å². The van der Waals surface area contributed by atoms with Crippen LogP contribution < -0.4 is 10.2 Å². The summed E-state index contributed by atoms with van der Waals surface area (Å²) < 4.78 is 11.3. The van der Waals surface area contributed by atoms with Gasteiger partial charge in [-0.3, -0.25) is 10.1 Å². The molecule has 0 saturated carbocycles. The van der Waals surface area contributed by atoms with Gasteiger partial charge in [-0.05, 0) is 25.3 Å². The Balaban J connectivity index is 1.38. The van der Waals surface area contributed by atoms with Crippen molar-refractivity contribution < 1.29 is 13.7 Å². The summed E-state index contributed by atoms with van der Waals surface area (Å²) in [6.45, 7) is 1.92. The largest absolute Gasteiger partial charge is 0.400 e. The molecule has 1 aliphatic heterocycles. The van der Waals surface area contributed by atoms with E-state index in [1.165, 1.54) is 24.0 Å². The molecule has 0 atom stereocenters. The molecular formula is C23H19N7O3S. The zero-order valence-corrected chi connectivity index (χ0v) is 18.8. The van der Waals surface area contributed by atoms with E-state index in [1.54, 1.807) is 12.1 Å². The number of aromatic nitrogens is 5. The van der Waals surface area contributed by atoms with Crippen molar-refractivity contribution in [2.45, 2.75) is 19.3 Å². The van der Waals surface area contributed by atoms with E-state index in [4.69, 9.17) is 18.9 Å². The fourth-order valence-corrected chi connectivity index (χ4v) is 4.98. The molecule has 0 spiro atoms.